The molecular weight excluding hydrogens is 484 g/mol. The van der Waals surface area contributed by atoms with Gasteiger partial charge in [-0.15, -0.1) is 0 Å². The van der Waals surface area contributed by atoms with Crippen LogP contribution in [0.4, 0.5) is 20.5 Å². The van der Waals surface area contributed by atoms with Crippen molar-refractivity contribution in [3.8, 4) is 29.0 Å². The normalized spacial score (nSPS) is 16.4. The average Bonchev–Trinajstić information content (AvgIpc) is 2.89. The summed E-state index contributed by atoms with van der Waals surface area (Å²) in [6.45, 7) is -0.0594. The third-order valence-electron chi connectivity index (χ3n) is 5.67. The van der Waals surface area contributed by atoms with Crippen LogP contribution in [-0.2, 0) is 0 Å². The molecule has 192 valence electrons. The Bertz CT molecular complexity index is 1340. The van der Waals surface area contributed by atoms with Crippen molar-refractivity contribution in [1.82, 2.24) is 25.2 Å². The lowest BCUT2D eigenvalue weighted by molar-refractivity contribution is -0.109. The number of hydrogen-bond acceptors (Lipinski definition) is 9. The Morgan fingerprint density at radius 1 is 1.24 bits per heavy atom. The van der Waals surface area contributed by atoms with E-state index in [-0.39, 0.29) is 35.5 Å². The van der Waals surface area contributed by atoms with Gasteiger partial charge in [-0.1, -0.05) is 0 Å². The summed E-state index contributed by atoms with van der Waals surface area (Å²) in [6, 6.07) is 11.5. The first-order chi connectivity index (χ1) is 17.7. The lowest BCUT2D eigenvalue weighted by Gasteiger charge is -2.32. The molecule has 3 heterocycles. The summed E-state index contributed by atoms with van der Waals surface area (Å²) < 4.78 is 39.2. The Morgan fingerprint density at radius 2 is 2.05 bits per heavy atom. The third kappa shape index (κ3) is 5.73. The first-order valence-corrected chi connectivity index (χ1v) is 11.4. The number of pyridine rings is 1. The fourth-order valence-corrected chi connectivity index (χ4v) is 3.75. The molecule has 1 aliphatic heterocycles. The molecule has 1 atom stereocenters. The van der Waals surface area contributed by atoms with E-state index in [4.69, 9.17) is 9.47 Å². The van der Waals surface area contributed by atoms with Crippen LogP contribution in [0.5, 0.6) is 11.6 Å². The van der Waals surface area contributed by atoms with E-state index in [0.717, 1.165) is 0 Å². The van der Waals surface area contributed by atoms with E-state index in [1.807, 2.05) is 6.07 Å². The highest BCUT2D eigenvalue weighted by Crippen LogP contribution is 2.32. The molecule has 4 rings (SSSR count). The number of nitrogens with one attached hydrogen (secondary N) is 2. The van der Waals surface area contributed by atoms with Gasteiger partial charge in [0, 0.05) is 32.3 Å². The van der Waals surface area contributed by atoms with E-state index in [0.29, 0.717) is 29.2 Å². The summed E-state index contributed by atoms with van der Waals surface area (Å²) in [5, 5.41) is 15.2. The minimum atomic E-state index is -3.04. The molecule has 37 heavy (non-hydrogen) atoms. The molecular formula is C25H25F2N7O3. The number of halogens is 2. The molecule has 1 aromatic carbocycles. The smallest absolute Gasteiger partial charge is 0.296 e. The minimum Gasteiger partial charge on any atom is -0.483 e. The van der Waals surface area contributed by atoms with E-state index in [2.05, 4.69) is 25.6 Å². The van der Waals surface area contributed by atoms with Gasteiger partial charge in [0.1, 0.15) is 23.2 Å². The number of hydrogen-bond donors (Lipinski definition) is 2. The highest BCUT2D eigenvalue weighted by atomic mass is 19.3. The average molecular weight is 510 g/mol. The highest BCUT2D eigenvalue weighted by molar-refractivity contribution is 5.96. The molecule has 1 amide bonds. The van der Waals surface area contributed by atoms with Crippen LogP contribution in [0.3, 0.4) is 0 Å². The van der Waals surface area contributed by atoms with Crippen LogP contribution in [-0.4, -0.2) is 72.1 Å². The Labute approximate surface area is 212 Å². The van der Waals surface area contributed by atoms with Crippen molar-refractivity contribution in [2.75, 3.05) is 39.6 Å². The van der Waals surface area contributed by atoms with E-state index < -0.39 is 18.6 Å². The zero-order chi connectivity index (χ0) is 26.6. The number of alkyl halides is 2. The molecule has 0 bridgehead atoms. The maximum Gasteiger partial charge on any atom is 0.296 e. The Balaban J connectivity index is 1.55. The number of benzene rings is 1. The van der Waals surface area contributed by atoms with Gasteiger partial charge in [-0.25, -0.2) is 18.7 Å². The quantitative estimate of drug-likeness (QED) is 0.494. The molecule has 0 radical (unpaired) electrons. The molecule has 1 aliphatic rings. The van der Waals surface area contributed by atoms with Crippen molar-refractivity contribution in [2.45, 2.75) is 18.4 Å². The summed E-state index contributed by atoms with van der Waals surface area (Å²) in [5.41, 5.74) is 1.48. The van der Waals surface area contributed by atoms with E-state index in [1.54, 1.807) is 38.4 Å². The first-order valence-electron chi connectivity index (χ1n) is 11.4. The van der Waals surface area contributed by atoms with Gasteiger partial charge in [0.05, 0.1) is 24.9 Å². The number of methoxy groups -OCH3 is 1. The Morgan fingerprint density at radius 3 is 2.76 bits per heavy atom. The van der Waals surface area contributed by atoms with Gasteiger partial charge in [0.25, 0.3) is 11.8 Å². The van der Waals surface area contributed by atoms with Crippen LogP contribution in [0.25, 0.3) is 11.3 Å². The topological polar surface area (TPSA) is 125 Å². The first kappa shape index (κ1) is 25.7. The number of aromatic nitrogens is 3. The molecule has 1 unspecified atom stereocenters. The Hall–Kier alpha value is -4.37. The van der Waals surface area contributed by atoms with Gasteiger partial charge >= 0.3 is 0 Å². The van der Waals surface area contributed by atoms with Gasteiger partial charge in [0.15, 0.2) is 6.10 Å². The SMILES string of the molecule is COc1nc(Nc2nccc(-c3ccc(OC4CCNCC4(F)F)c(C#N)c3)n2)ccc1C(=O)N(C)C. The van der Waals surface area contributed by atoms with Crippen molar-refractivity contribution >= 4 is 17.7 Å². The monoisotopic (exact) mass is 509 g/mol. The number of nitrogens with zero attached hydrogens (tertiary/aromatic N) is 5. The van der Waals surface area contributed by atoms with Crippen LogP contribution < -0.4 is 20.1 Å². The summed E-state index contributed by atoms with van der Waals surface area (Å²) in [4.78, 5) is 26.7. The molecule has 1 fully saturated rings. The number of amides is 1. The van der Waals surface area contributed by atoms with Gasteiger partial charge in [0.2, 0.25) is 11.8 Å². The molecule has 3 aromatic rings. The number of ether oxygens (including phenoxy) is 2. The second kappa shape index (κ2) is 10.7. The molecule has 0 aliphatic carbocycles. The molecule has 0 spiro atoms. The van der Waals surface area contributed by atoms with Gasteiger partial charge < -0.3 is 25.0 Å². The predicted molar refractivity (Wildman–Crippen MR) is 131 cm³/mol. The van der Waals surface area contributed by atoms with Crippen LogP contribution in [0.2, 0.25) is 0 Å². The second-order valence-electron chi connectivity index (χ2n) is 8.50. The summed E-state index contributed by atoms with van der Waals surface area (Å²) in [6.07, 6.45) is 0.340. The number of carbonyl (C=O) groups is 1. The van der Waals surface area contributed by atoms with Gasteiger partial charge in [-0.05, 0) is 42.9 Å². The summed E-state index contributed by atoms with van der Waals surface area (Å²) in [7, 11) is 4.68. The molecule has 10 nitrogen and oxygen atoms in total. The van der Waals surface area contributed by atoms with Gasteiger partial charge in [-0.3, -0.25) is 4.79 Å². The zero-order valence-electron chi connectivity index (χ0n) is 20.5. The molecule has 2 aromatic heterocycles. The van der Waals surface area contributed by atoms with Crippen molar-refractivity contribution in [3.63, 3.8) is 0 Å². The number of rotatable bonds is 7. The maximum atomic E-state index is 14.2. The van der Waals surface area contributed by atoms with Crippen molar-refractivity contribution in [1.29, 1.82) is 5.26 Å². The van der Waals surface area contributed by atoms with Crippen LogP contribution in [0, 0.1) is 11.3 Å². The number of carbonyl (C=O) groups excluding carboxylic acids is 1. The zero-order valence-corrected chi connectivity index (χ0v) is 20.5. The lowest BCUT2D eigenvalue weighted by Crippen LogP contribution is -2.52. The Kier molecular flexibility index (Phi) is 7.45. The number of nitriles is 1. The second-order valence-corrected chi connectivity index (χ2v) is 8.50. The fraction of sp³-hybridized carbons (Fsp3) is 0.320. The highest BCUT2D eigenvalue weighted by Gasteiger charge is 2.43. The minimum absolute atomic E-state index is 0.0916. The van der Waals surface area contributed by atoms with E-state index >= 15 is 0 Å². The lowest BCUT2D eigenvalue weighted by atomic mass is 10.0. The van der Waals surface area contributed by atoms with Crippen molar-refractivity contribution in [3.05, 3.63) is 53.7 Å². The van der Waals surface area contributed by atoms with Crippen LogP contribution in [0.15, 0.2) is 42.6 Å². The van der Waals surface area contributed by atoms with Crippen molar-refractivity contribution < 1.29 is 23.0 Å². The number of anilines is 2. The molecule has 12 heteroatoms. The van der Waals surface area contributed by atoms with Crippen LogP contribution in [0.1, 0.15) is 22.3 Å². The predicted octanol–water partition coefficient (Wildman–Crippen LogP) is 3.24. The molecule has 0 saturated carbocycles. The van der Waals surface area contributed by atoms with E-state index in [1.165, 1.54) is 30.3 Å². The molecule has 1 saturated heterocycles. The molecule has 2 N–H and O–H groups in total. The number of piperidine rings is 1. The maximum absolute atomic E-state index is 14.2. The van der Waals surface area contributed by atoms with Crippen molar-refractivity contribution in [2.24, 2.45) is 0 Å². The fourth-order valence-electron chi connectivity index (χ4n) is 3.75. The standard InChI is InChI=1S/C25H25F2N7O3/c1-34(2)23(35)17-5-7-21(32-22(17)36-3)33-24-30-11-8-18(31-24)15-4-6-19(16(12-15)13-28)37-20-9-10-29-14-25(20,26)27/h4-8,11-12,20,29H,9-10,14H2,1-3H3,(H,30,31,32,33). The summed E-state index contributed by atoms with van der Waals surface area (Å²) in [5.74, 6) is -2.48. The van der Waals surface area contributed by atoms with Gasteiger partial charge in [-0.2, -0.15) is 10.2 Å². The van der Waals surface area contributed by atoms with E-state index in [9.17, 15) is 18.8 Å². The third-order valence-corrected chi connectivity index (χ3v) is 5.67. The summed E-state index contributed by atoms with van der Waals surface area (Å²) >= 11 is 0. The largest absolute Gasteiger partial charge is 0.483 e. The van der Waals surface area contributed by atoms with Crippen LogP contribution >= 0.6 is 0 Å².